The summed E-state index contributed by atoms with van der Waals surface area (Å²) in [5.41, 5.74) is 3.08. The maximum Gasteiger partial charge on any atom is 1.00 e. The van der Waals surface area contributed by atoms with Gasteiger partial charge < -0.3 is 33.9 Å². The molecule has 2 N–H and O–H groups in total. The fourth-order valence-corrected chi connectivity index (χ4v) is 4.06. The van der Waals surface area contributed by atoms with Crippen LogP contribution in [0.1, 0.15) is 11.1 Å². The molecule has 30 heavy (non-hydrogen) atoms. The van der Waals surface area contributed by atoms with Gasteiger partial charge >= 0.3 is 35.5 Å². The van der Waals surface area contributed by atoms with Crippen molar-refractivity contribution in [1.82, 2.24) is 0 Å². The van der Waals surface area contributed by atoms with Crippen LogP contribution in [0.5, 0.6) is 28.7 Å². The molecule has 2 aromatic rings. The number of benzene rings is 2. The summed E-state index contributed by atoms with van der Waals surface area (Å²) in [7, 11) is 4.59. The van der Waals surface area contributed by atoms with Gasteiger partial charge in [0, 0.05) is 5.56 Å². The van der Waals surface area contributed by atoms with Crippen LogP contribution in [0.2, 0.25) is 0 Å². The fourth-order valence-electron chi connectivity index (χ4n) is 4.06. The molecular formula is C21H22NaO8+. The van der Waals surface area contributed by atoms with Gasteiger partial charge in [-0.15, -0.1) is 0 Å². The molecule has 9 heteroatoms. The first kappa shape index (κ1) is 22.6. The second kappa shape index (κ2) is 8.93. The molecule has 1 aliphatic heterocycles. The van der Waals surface area contributed by atoms with E-state index >= 15 is 0 Å². The Bertz CT molecular complexity index is 949. The molecule has 8 nitrogen and oxygen atoms in total. The molecule has 0 aromatic heterocycles. The Morgan fingerprint density at radius 1 is 1.03 bits per heavy atom. The van der Waals surface area contributed by atoms with E-state index in [0.29, 0.717) is 34.3 Å². The summed E-state index contributed by atoms with van der Waals surface area (Å²) in [6.45, 7) is 0.0700. The van der Waals surface area contributed by atoms with E-state index in [9.17, 15) is 15.0 Å². The smallest absolute Gasteiger partial charge is 0.493 e. The van der Waals surface area contributed by atoms with E-state index in [1.54, 1.807) is 12.1 Å². The fraction of sp³-hybridized carbons (Fsp3) is 0.381. The number of aliphatic hydroxyl groups excluding tert-OH is 1. The van der Waals surface area contributed by atoms with Gasteiger partial charge in [-0.05, 0) is 47.7 Å². The number of aliphatic hydroxyl groups is 1. The second-order valence-electron chi connectivity index (χ2n) is 6.96. The minimum Gasteiger partial charge on any atom is -0.493 e. The Kier molecular flexibility index (Phi) is 6.71. The number of hydrogen-bond acceptors (Lipinski definition) is 7. The first-order chi connectivity index (χ1) is 14.0. The first-order valence-corrected chi connectivity index (χ1v) is 9.14. The van der Waals surface area contributed by atoms with E-state index in [2.05, 4.69) is 0 Å². The molecule has 1 heterocycles. The topological polar surface area (TPSA) is 104 Å². The molecule has 0 bridgehead atoms. The van der Waals surface area contributed by atoms with Gasteiger partial charge in [0.05, 0.1) is 33.4 Å². The summed E-state index contributed by atoms with van der Waals surface area (Å²) in [5, 5.41) is 19.9. The third kappa shape index (κ3) is 3.69. The third-order valence-corrected chi connectivity index (χ3v) is 5.45. The first-order valence-electron chi connectivity index (χ1n) is 9.14. The Morgan fingerprint density at radius 2 is 1.70 bits per heavy atom. The van der Waals surface area contributed by atoms with Crippen LogP contribution in [0.15, 0.2) is 18.2 Å². The number of fused-ring (bicyclic) bond motifs is 2. The zero-order chi connectivity index (χ0) is 20.7. The van der Waals surface area contributed by atoms with Crippen LogP contribution in [0.3, 0.4) is 0 Å². The molecule has 0 saturated carbocycles. The van der Waals surface area contributed by atoms with Crippen molar-refractivity contribution < 1.29 is 68.2 Å². The predicted octanol–water partition coefficient (Wildman–Crippen LogP) is -0.728. The normalized spacial score (nSPS) is 18.8. The molecule has 0 saturated heterocycles. The van der Waals surface area contributed by atoms with Gasteiger partial charge in [0.25, 0.3) is 0 Å². The van der Waals surface area contributed by atoms with Crippen molar-refractivity contribution in [2.45, 2.75) is 18.9 Å². The summed E-state index contributed by atoms with van der Waals surface area (Å²) in [4.78, 5) is 11.7. The molecular weight excluding hydrogens is 403 g/mol. The van der Waals surface area contributed by atoms with Crippen LogP contribution >= 0.6 is 0 Å². The van der Waals surface area contributed by atoms with Crippen molar-refractivity contribution in [3.8, 4) is 39.9 Å². The van der Waals surface area contributed by atoms with Gasteiger partial charge in [-0.25, -0.2) is 0 Å². The Balaban J connectivity index is 0.00000256. The molecule has 4 rings (SSSR count). The molecule has 0 fully saturated rings. The Hall–Kier alpha value is -2.13. The Labute approximate surface area is 195 Å². The van der Waals surface area contributed by atoms with Gasteiger partial charge in [-0.2, -0.15) is 0 Å². The monoisotopic (exact) mass is 425 g/mol. The number of carboxylic acids is 1. The van der Waals surface area contributed by atoms with Crippen LogP contribution < -0.4 is 53.2 Å². The second-order valence-corrected chi connectivity index (χ2v) is 6.96. The van der Waals surface area contributed by atoms with Gasteiger partial charge in [-0.1, -0.05) is 0 Å². The van der Waals surface area contributed by atoms with E-state index in [4.69, 9.17) is 23.7 Å². The van der Waals surface area contributed by atoms with Crippen molar-refractivity contribution in [2.75, 3.05) is 28.1 Å². The largest absolute Gasteiger partial charge is 1.00 e. The summed E-state index contributed by atoms with van der Waals surface area (Å²) < 4.78 is 27.7. The molecule has 0 radical (unpaired) electrons. The molecule has 0 spiro atoms. The number of hydrogen-bond donors (Lipinski definition) is 2. The summed E-state index contributed by atoms with van der Waals surface area (Å²) in [5.74, 6) is 0.569. The average Bonchev–Trinajstić information content (AvgIpc) is 3.18. The van der Waals surface area contributed by atoms with Crippen molar-refractivity contribution in [3.63, 3.8) is 0 Å². The Morgan fingerprint density at radius 3 is 2.27 bits per heavy atom. The SMILES string of the molecule is COc1cc(-c2c3c(cc4c2OCO4)CC(O)C(C(=O)O)C3)cc(OC)c1OC.[Na+]. The van der Waals surface area contributed by atoms with E-state index in [-0.39, 0.29) is 49.2 Å². The van der Waals surface area contributed by atoms with E-state index in [1.807, 2.05) is 6.07 Å². The third-order valence-electron chi connectivity index (χ3n) is 5.45. The number of carboxylic acid groups (broad SMARTS) is 1. The van der Waals surface area contributed by atoms with Gasteiger partial charge in [0.1, 0.15) is 0 Å². The van der Waals surface area contributed by atoms with Crippen LogP contribution in [0.25, 0.3) is 11.1 Å². The van der Waals surface area contributed by atoms with Crippen LogP contribution in [0, 0.1) is 5.92 Å². The summed E-state index contributed by atoms with van der Waals surface area (Å²) >= 11 is 0. The molecule has 154 valence electrons. The number of carbonyl (C=O) groups is 1. The van der Waals surface area contributed by atoms with Crippen LogP contribution in [0.4, 0.5) is 0 Å². The molecule has 0 amide bonds. The molecule has 1 aliphatic carbocycles. The van der Waals surface area contributed by atoms with Crippen LogP contribution in [-0.4, -0.2) is 50.4 Å². The summed E-state index contributed by atoms with van der Waals surface area (Å²) in [6.07, 6.45) is -0.567. The molecule has 2 unspecified atom stereocenters. The number of aliphatic carboxylic acids is 1. The average molecular weight is 425 g/mol. The van der Waals surface area contributed by atoms with Crippen molar-refractivity contribution in [3.05, 3.63) is 29.3 Å². The standard InChI is InChI=1S/C21H22O8.Na/c1-25-15-6-11(7-16(26-2)19(15)27-3)18-12-8-13(21(23)24)14(22)4-10(12)5-17-20(18)29-9-28-17;/h5-7,13-14,22H,4,8-9H2,1-3H3,(H,23,24);/q;+1. The maximum absolute atomic E-state index is 11.7. The van der Waals surface area contributed by atoms with E-state index < -0.39 is 18.0 Å². The number of methoxy groups -OCH3 is 3. The summed E-state index contributed by atoms with van der Waals surface area (Å²) in [6, 6.07) is 5.40. The maximum atomic E-state index is 11.7. The van der Waals surface area contributed by atoms with Gasteiger partial charge in [-0.3, -0.25) is 4.79 Å². The zero-order valence-corrected chi connectivity index (χ0v) is 19.4. The van der Waals surface area contributed by atoms with E-state index in [0.717, 1.165) is 16.7 Å². The van der Waals surface area contributed by atoms with Crippen molar-refractivity contribution >= 4 is 5.97 Å². The molecule has 2 aromatic carbocycles. The van der Waals surface area contributed by atoms with Gasteiger partial charge in [0.2, 0.25) is 12.5 Å². The minimum atomic E-state index is -1.03. The molecule has 2 atom stereocenters. The zero-order valence-electron chi connectivity index (χ0n) is 17.4. The minimum absolute atomic E-state index is 0. The van der Waals surface area contributed by atoms with Gasteiger partial charge in [0.15, 0.2) is 23.0 Å². The molecule has 2 aliphatic rings. The quantitative estimate of drug-likeness (QED) is 0.605. The number of rotatable bonds is 5. The number of ether oxygens (including phenoxy) is 5. The van der Waals surface area contributed by atoms with Crippen molar-refractivity contribution in [2.24, 2.45) is 5.92 Å². The van der Waals surface area contributed by atoms with Crippen LogP contribution in [-0.2, 0) is 17.6 Å². The predicted molar refractivity (Wildman–Crippen MR) is 102 cm³/mol. The van der Waals surface area contributed by atoms with Crippen molar-refractivity contribution in [1.29, 1.82) is 0 Å². The van der Waals surface area contributed by atoms with E-state index in [1.165, 1.54) is 21.3 Å².